The van der Waals surface area contributed by atoms with Crippen molar-refractivity contribution in [3.8, 4) is 11.6 Å². The van der Waals surface area contributed by atoms with Gasteiger partial charge < -0.3 is 15.4 Å². The van der Waals surface area contributed by atoms with Gasteiger partial charge in [-0.2, -0.15) is 0 Å². The third kappa shape index (κ3) is 6.19. The molecule has 0 radical (unpaired) electrons. The van der Waals surface area contributed by atoms with Crippen LogP contribution in [0.5, 0.6) is 11.6 Å². The number of para-hydroxylation sites is 2. The number of rotatable bonds is 6. The van der Waals surface area contributed by atoms with Gasteiger partial charge in [-0.3, -0.25) is 14.6 Å². The van der Waals surface area contributed by atoms with Crippen LogP contribution in [-0.4, -0.2) is 38.8 Å². The average Bonchev–Trinajstić information content (AvgIpc) is 2.90. The van der Waals surface area contributed by atoms with Gasteiger partial charge in [0.1, 0.15) is 22.8 Å². The summed E-state index contributed by atoms with van der Waals surface area (Å²) in [5.74, 6) is -0.797. The van der Waals surface area contributed by atoms with E-state index in [-0.39, 0.29) is 35.1 Å². The summed E-state index contributed by atoms with van der Waals surface area (Å²) in [4.78, 5) is 38.4. The minimum absolute atomic E-state index is 0.0316. The molecule has 5 rings (SSSR count). The number of ether oxygens (including phenoxy) is 1. The lowest BCUT2D eigenvalue weighted by Crippen LogP contribution is -2.44. The first-order valence-corrected chi connectivity index (χ1v) is 12.9. The fraction of sp³-hybridized carbons (Fsp3) is 0.222. The summed E-state index contributed by atoms with van der Waals surface area (Å²) in [7, 11) is 0. The number of aromatic nitrogens is 3. The first-order valence-electron chi connectivity index (χ1n) is 11.9. The van der Waals surface area contributed by atoms with Crippen LogP contribution < -0.4 is 15.4 Å². The highest BCUT2D eigenvalue weighted by atomic mass is 127. The fourth-order valence-electron chi connectivity index (χ4n) is 4.28. The van der Waals surface area contributed by atoms with Crippen LogP contribution in [0.4, 0.5) is 4.39 Å². The van der Waals surface area contributed by atoms with E-state index in [9.17, 15) is 14.0 Å². The Morgan fingerprint density at radius 3 is 2.30 bits per heavy atom. The van der Waals surface area contributed by atoms with Gasteiger partial charge in [-0.15, -0.1) is 0 Å². The minimum atomic E-state index is -0.622. The first-order chi connectivity index (χ1) is 17.9. The van der Waals surface area contributed by atoms with Crippen molar-refractivity contribution in [3.05, 3.63) is 87.6 Å². The molecule has 10 heteroatoms. The zero-order chi connectivity index (χ0) is 25.8. The number of nitrogens with one attached hydrogen (secondary N) is 2. The maximum Gasteiger partial charge on any atom is 0.271 e. The van der Waals surface area contributed by atoms with Crippen molar-refractivity contribution in [3.63, 3.8) is 0 Å². The number of amides is 2. The van der Waals surface area contributed by atoms with E-state index in [1.165, 1.54) is 6.20 Å². The highest BCUT2D eigenvalue weighted by molar-refractivity contribution is 14.1. The monoisotopic (exact) mass is 611 g/mol. The smallest absolute Gasteiger partial charge is 0.271 e. The second-order valence-corrected chi connectivity index (χ2v) is 10.1. The number of hydrogen-bond donors (Lipinski definition) is 2. The number of carbonyl (C=O) groups is 2. The lowest BCUT2D eigenvalue weighted by molar-refractivity contribution is 0.0887. The molecule has 0 unspecified atom stereocenters. The number of carbonyl (C=O) groups excluding carboxylic acids is 2. The molecule has 1 aliphatic rings. The molecule has 0 atom stereocenters. The molecule has 2 N–H and O–H groups in total. The lowest BCUT2D eigenvalue weighted by Gasteiger charge is -2.29. The van der Waals surface area contributed by atoms with Crippen molar-refractivity contribution in [1.29, 1.82) is 0 Å². The van der Waals surface area contributed by atoms with Crippen LogP contribution >= 0.6 is 22.6 Å². The second kappa shape index (κ2) is 11.2. The van der Waals surface area contributed by atoms with Crippen LogP contribution in [0, 0.1) is 9.39 Å². The number of nitrogens with zero attached hydrogens (tertiary/aromatic N) is 3. The molecule has 1 fully saturated rings. The average molecular weight is 611 g/mol. The molecule has 2 aromatic carbocycles. The predicted octanol–water partition coefficient (Wildman–Crippen LogP) is 5.03. The van der Waals surface area contributed by atoms with Crippen molar-refractivity contribution in [1.82, 2.24) is 25.6 Å². The lowest BCUT2D eigenvalue weighted by atomic mass is 9.91. The Hall–Kier alpha value is -3.67. The molecule has 1 saturated carbocycles. The topological polar surface area (TPSA) is 106 Å². The zero-order valence-corrected chi connectivity index (χ0v) is 21.8. The molecule has 2 amide bonds. The molecule has 1 aliphatic carbocycles. The molecule has 2 aromatic heterocycles. The number of fused-ring (bicyclic) bond motifs is 1. The fourth-order valence-corrected chi connectivity index (χ4v) is 4.80. The largest absolute Gasteiger partial charge is 0.438 e. The first kappa shape index (κ1) is 25.0. The van der Waals surface area contributed by atoms with E-state index in [2.05, 4.69) is 48.2 Å². The van der Waals surface area contributed by atoms with Crippen molar-refractivity contribution in [2.45, 2.75) is 37.8 Å². The van der Waals surface area contributed by atoms with E-state index in [1.807, 2.05) is 36.4 Å². The highest BCUT2D eigenvalue weighted by Gasteiger charge is 2.26. The second-order valence-electron chi connectivity index (χ2n) is 8.81. The van der Waals surface area contributed by atoms with Gasteiger partial charge in [0.05, 0.1) is 23.4 Å². The Balaban J connectivity index is 1.18. The van der Waals surface area contributed by atoms with Gasteiger partial charge >= 0.3 is 0 Å². The Kier molecular flexibility index (Phi) is 7.54. The van der Waals surface area contributed by atoms with E-state index >= 15 is 0 Å². The summed E-state index contributed by atoms with van der Waals surface area (Å²) in [5, 5.41) is 5.98. The summed E-state index contributed by atoms with van der Waals surface area (Å²) >= 11 is 2.15. The molecule has 0 aliphatic heterocycles. The van der Waals surface area contributed by atoms with Crippen LogP contribution in [0.1, 0.15) is 46.5 Å². The van der Waals surface area contributed by atoms with E-state index in [0.717, 1.165) is 21.4 Å². The van der Waals surface area contributed by atoms with Gasteiger partial charge in [0.25, 0.3) is 11.8 Å². The SMILES string of the molecule is O=C(NC1CCC(NC(=O)c2cc(F)cnc2Oc2cccc(I)c2)CC1)c1cnc2ccccc2n1. The number of benzene rings is 2. The van der Waals surface area contributed by atoms with Gasteiger partial charge in [0.2, 0.25) is 5.88 Å². The molecule has 0 bridgehead atoms. The number of hydrogen-bond acceptors (Lipinski definition) is 6. The Morgan fingerprint density at radius 2 is 1.57 bits per heavy atom. The summed E-state index contributed by atoms with van der Waals surface area (Å²) in [6.45, 7) is 0. The quantitative estimate of drug-likeness (QED) is 0.297. The number of halogens is 2. The van der Waals surface area contributed by atoms with Crippen molar-refractivity contribution < 1.29 is 18.7 Å². The summed E-state index contributed by atoms with van der Waals surface area (Å²) < 4.78 is 20.7. The Labute approximate surface area is 226 Å². The van der Waals surface area contributed by atoms with Gasteiger partial charge in [0.15, 0.2) is 0 Å². The van der Waals surface area contributed by atoms with Gasteiger partial charge in [-0.05, 0) is 84.7 Å². The van der Waals surface area contributed by atoms with Crippen molar-refractivity contribution in [2.75, 3.05) is 0 Å². The Bertz CT molecular complexity index is 1460. The van der Waals surface area contributed by atoms with Crippen molar-refractivity contribution in [2.24, 2.45) is 0 Å². The van der Waals surface area contributed by atoms with E-state index in [4.69, 9.17) is 4.74 Å². The number of pyridine rings is 1. The van der Waals surface area contributed by atoms with Crippen LogP contribution in [0.3, 0.4) is 0 Å². The summed E-state index contributed by atoms with van der Waals surface area (Å²) in [6, 6.07) is 15.6. The molecule has 8 nitrogen and oxygen atoms in total. The molecular formula is C27H23FIN5O3. The van der Waals surface area contributed by atoms with E-state index < -0.39 is 11.7 Å². The molecule has 0 spiro atoms. The van der Waals surface area contributed by atoms with Crippen LogP contribution in [0.2, 0.25) is 0 Å². The molecular weight excluding hydrogens is 588 g/mol. The Morgan fingerprint density at radius 1 is 0.865 bits per heavy atom. The van der Waals surface area contributed by atoms with Gasteiger partial charge in [-0.1, -0.05) is 18.2 Å². The highest BCUT2D eigenvalue weighted by Crippen LogP contribution is 2.26. The predicted molar refractivity (Wildman–Crippen MR) is 144 cm³/mol. The van der Waals surface area contributed by atoms with E-state index in [1.54, 1.807) is 12.1 Å². The molecule has 0 saturated heterocycles. The van der Waals surface area contributed by atoms with Crippen LogP contribution in [-0.2, 0) is 0 Å². The van der Waals surface area contributed by atoms with Crippen LogP contribution in [0.15, 0.2) is 67.0 Å². The van der Waals surface area contributed by atoms with E-state index in [0.29, 0.717) is 36.9 Å². The molecule has 4 aromatic rings. The maximum absolute atomic E-state index is 13.9. The minimum Gasteiger partial charge on any atom is -0.438 e. The van der Waals surface area contributed by atoms with Gasteiger partial charge in [0, 0.05) is 15.7 Å². The summed E-state index contributed by atoms with van der Waals surface area (Å²) in [5.41, 5.74) is 1.70. The zero-order valence-electron chi connectivity index (χ0n) is 19.7. The standard InChI is InChI=1S/C27H23FIN5O3/c28-16-12-21(27(31-14-16)37-20-5-3-4-17(29)13-20)25(35)32-18-8-10-19(11-9-18)33-26(36)24-15-30-22-6-1-2-7-23(22)34-24/h1-7,12-15,18-19H,8-11H2,(H,32,35)(H,33,36). The third-order valence-corrected chi connectivity index (χ3v) is 6.82. The maximum atomic E-state index is 13.9. The molecule has 2 heterocycles. The van der Waals surface area contributed by atoms with Gasteiger partial charge in [-0.25, -0.2) is 14.4 Å². The normalized spacial score (nSPS) is 17.2. The molecule has 37 heavy (non-hydrogen) atoms. The van der Waals surface area contributed by atoms with Crippen molar-refractivity contribution >= 4 is 45.4 Å². The third-order valence-electron chi connectivity index (χ3n) is 6.15. The summed E-state index contributed by atoms with van der Waals surface area (Å²) in [6.07, 6.45) is 5.20. The molecule has 188 valence electrons. The van der Waals surface area contributed by atoms with Crippen LogP contribution in [0.25, 0.3) is 11.0 Å².